The fourth-order valence-electron chi connectivity index (χ4n) is 2.15. The summed E-state index contributed by atoms with van der Waals surface area (Å²) in [5, 5.41) is 8.71. The Hall–Kier alpha value is -0.870. The molecule has 1 unspecified atom stereocenters. The first kappa shape index (κ1) is 15.2. The Morgan fingerprint density at radius 3 is 2.50 bits per heavy atom. The molecular weight excluding hydrogens is 246 g/mol. The maximum atomic E-state index is 10.6. The molecule has 1 heterocycles. The molecule has 18 heavy (non-hydrogen) atoms. The van der Waals surface area contributed by atoms with E-state index in [1.165, 1.54) is 9.75 Å². The highest BCUT2D eigenvalue weighted by molar-refractivity contribution is 7.12. The standard InChI is InChI=1S/C14H23NO2S/c1-10(2)15(9-5-6-14(16)17)12(4)13-8-7-11(3)18-13/h7-8,10,12H,5-6,9H2,1-4H3,(H,16,17). The van der Waals surface area contributed by atoms with Gasteiger partial charge < -0.3 is 5.11 Å². The summed E-state index contributed by atoms with van der Waals surface area (Å²) in [5.74, 6) is -0.710. The van der Waals surface area contributed by atoms with Gasteiger partial charge in [0.1, 0.15) is 0 Å². The van der Waals surface area contributed by atoms with Gasteiger partial charge in [0.15, 0.2) is 0 Å². The van der Waals surface area contributed by atoms with Crippen molar-refractivity contribution in [3.05, 3.63) is 21.9 Å². The van der Waals surface area contributed by atoms with Crippen LogP contribution in [0, 0.1) is 6.92 Å². The molecular formula is C14H23NO2S. The zero-order valence-electron chi connectivity index (χ0n) is 11.6. The summed E-state index contributed by atoms with van der Waals surface area (Å²) < 4.78 is 0. The summed E-state index contributed by atoms with van der Waals surface area (Å²) in [6.07, 6.45) is 0.960. The Morgan fingerprint density at radius 1 is 1.39 bits per heavy atom. The molecule has 0 aliphatic carbocycles. The van der Waals surface area contributed by atoms with E-state index in [4.69, 9.17) is 5.11 Å². The van der Waals surface area contributed by atoms with Crippen LogP contribution in [0.4, 0.5) is 0 Å². The molecule has 0 aliphatic heterocycles. The Balaban J connectivity index is 2.63. The van der Waals surface area contributed by atoms with Gasteiger partial charge in [-0.1, -0.05) is 0 Å². The number of aryl methyl sites for hydroxylation is 1. The molecule has 0 saturated carbocycles. The number of rotatable bonds is 7. The van der Waals surface area contributed by atoms with E-state index in [-0.39, 0.29) is 6.42 Å². The lowest BCUT2D eigenvalue weighted by atomic mass is 10.1. The van der Waals surface area contributed by atoms with Gasteiger partial charge in [-0.05, 0) is 52.8 Å². The lowest BCUT2D eigenvalue weighted by Gasteiger charge is -2.32. The predicted molar refractivity (Wildman–Crippen MR) is 76.2 cm³/mol. The molecule has 0 bridgehead atoms. The van der Waals surface area contributed by atoms with E-state index in [9.17, 15) is 4.79 Å². The molecule has 0 amide bonds. The molecule has 0 fully saturated rings. The summed E-state index contributed by atoms with van der Waals surface area (Å²) in [5.41, 5.74) is 0. The number of aliphatic carboxylic acids is 1. The monoisotopic (exact) mass is 269 g/mol. The summed E-state index contributed by atoms with van der Waals surface area (Å²) in [4.78, 5) is 15.6. The van der Waals surface area contributed by atoms with E-state index in [2.05, 4.69) is 44.7 Å². The predicted octanol–water partition coefficient (Wildman–Crippen LogP) is 3.69. The van der Waals surface area contributed by atoms with Gasteiger partial charge in [0, 0.05) is 28.3 Å². The largest absolute Gasteiger partial charge is 0.481 e. The molecule has 0 saturated heterocycles. The number of nitrogens with zero attached hydrogens (tertiary/aromatic N) is 1. The fourth-order valence-corrected chi connectivity index (χ4v) is 3.10. The van der Waals surface area contributed by atoms with Crippen molar-refractivity contribution in [1.29, 1.82) is 0 Å². The van der Waals surface area contributed by atoms with Gasteiger partial charge in [0.25, 0.3) is 0 Å². The topological polar surface area (TPSA) is 40.5 Å². The Morgan fingerprint density at radius 2 is 2.06 bits per heavy atom. The molecule has 1 aromatic heterocycles. The van der Waals surface area contributed by atoms with Gasteiger partial charge in [-0.15, -0.1) is 11.3 Å². The maximum absolute atomic E-state index is 10.6. The van der Waals surface area contributed by atoms with Gasteiger partial charge in [0.2, 0.25) is 0 Å². The highest BCUT2D eigenvalue weighted by Crippen LogP contribution is 2.28. The maximum Gasteiger partial charge on any atom is 0.303 e. The molecule has 0 spiro atoms. The Bertz CT molecular complexity index is 387. The minimum absolute atomic E-state index is 0.249. The van der Waals surface area contributed by atoms with Crippen LogP contribution in [0.3, 0.4) is 0 Å². The van der Waals surface area contributed by atoms with Gasteiger partial charge in [-0.2, -0.15) is 0 Å². The number of hydrogen-bond acceptors (Lipinski definition) is 3. The van der Waals surface area contributed by atoms with Gasteiger partial charge >= 0.3 is 5.97 Å². The van der Waals surface area contributed by atoms with Crippen LogP contribution in [0.25, 0.3) is 0 Å². The number of hydrogen-bond donors (Lipinski definition) is 1. The SMILES string of the molecule is Cc1ccc(C(C)N(CCCC(=O)O)C(C)C)s1. The second-order valence-electron chi connectivity index (χ2n) is 4.95. The fraction of sp³-hybridized carbons (Fsp3) is 0.643. The van der Waals surface area contributed by atoms with E-state index in [1.807, 2.05) is 11.3 Å². The molecule has 3 nitrogen and oxygen atoms in total. The average Bonchev–Trinajstić information content (AvgIpc) is 2.69. The van der Waals surface area contributed by atoms with Crippen molar-refractivity contribution in [1.82, 2.24) is 4.90 Å². The van der Waals surface area contributed by atoms with Crippen LogP contribution in [0.2, 0.25) is 0 Å². The van der Waals surface area contributed by atoms with Crippen molar-refractivity contribution in [3.63, 3.8) is 0 Å². The molecule has 0 aliphatic rings. The molecule has 1 N–H and O–H groups in total. The van der Waals surface area contributed by atoms with Gasteiger partial charge in [0.05, 0.1) is 0 Å². The van der Waals surface area contributed by atoms with Crippen molar-refractivity contribution in [2.45, 2.75) is 52.6 Å². The first-order valence-electron chi connectivity index (χ1n) is 6.45. The smallest absolute Gasteiger partial charge is 0.303 e. The molecule has 102 valence electrons. The summed E-state index contributed by atoms with van der Waals surface area (Å²) in [7, 11) is 0. The molecule has 1 rings (SSSR count). The highest BCUT2D eigenvalue weighted by Gasteiger charge is 2.19. The van der Waals surface area contributed by atoms with Crippen molar-refractivity contribution in [2.75, 3.05) is 6.54 Å². The van der Waals surface area contributed by atoms with Crippen molar-refractivity contribution < 1.29 is 9.90 Å². The lowest BCUT2D eigenvalue weighted by Crippen LogP contribution is -2.34. The third-order valence-corrected chi connectivity index (χ3v) is 4.31. The van der Waals surface area contributed by atoms with Crippen molar-refractivity contribution in [2.24, 2.45) is 0 Å². The van der Waals surface area contributed by atoms with E-state index in [0.717, 1.165) is 6.54 Å². The minimum Gasteiger partial charge on any atom is -0.481 e. The summed E-state index contributed by atoms with van der Waals surface area (Å²) >= 11 is 1.82. The van der Waals surface area contributed by atoms with E-state index in [0.29, 0.717) is 18.5 Å². The second-order valence-corrected chi connectivity index (χ2v) is 6.27. The minimum atomic E-state index is -0.710. The van der Waals surface area contributed by atoms with E-state index in [1.54, 1.807) is 0 Å². The van der Waals surface area contributed by atoms with Crippen LogP contribution in [-0.2, 0) is 4.79 Å². The zero-order chi connectivity index (χ0) is 13.7. The molecule has 4 heteroatoms. The lowest BCUT2D eigenvalue weighted by molar-refractivity contribution is -0.137. The van der Waals surface area contributed by atoms with Crippen LogP contribution in [0.5, 0.6) is 0 Å². The Labute approximate surface area is 113 Å². The van der Waals surface area contributed by atoms with Gasteiger partial charge in [-0.3, -0.25) is 9.69 Å². The zero-order valence-corrected chi connectivity index (χ0v) is 12.5. The van der Waals surface area contributed by atoms with Crippen LogP contribution in [0.1, 0.15) is 49.4 Å². The summed E-state index contributed by atoms with van der Waals surface area (Å²) in [6, 6.07) is 5.11. The first-order chi connectivity index (χ1) is 8.41. The van der Waals surface area contributed by atoms with Crippen LogP contribution in [-0.4, -0.2) is 28.6 Å². The van der Waals surface area contributed by atoms with Crippen LogP contribution < -0.4 is 0 Å². The van der Waals surface area contributed by atoms with E-state index < -0.39 is 5.97 Å². The summed E-state index contributed by atoms with van der Waals surface area (Å²) in [6.45, 7) is 9.48. The number of thiophene rings is 1. The molecule has 1 aromatic rings. The number of carboxylic acids is 1. The normalized spacial score (nSPS) is 13.2. The Kier molecular flexibility index (Phi) is 5.82. The third kappa shape index (κ3) is 4.42. The van der Waals surface area contributed by atoms with Crippen molar-refractivity contribution in [3.8, 4) is 0 Å². The van der Waals surface area contributed by atoms with Crippen LogP contribution >= 0.6 is 11.3 Å². The number of carbonyl (C=O) groups is 1. The van der Waals surface area contributed by atoms with Crippen LogP contribution in [0.15, 0.2) is 12.1 Å². The van der Waals surface area contributed by atoms with Gasteiger partial charge in [-0.25, -0.2) is 0 Å². The number of carboxylic acid groups (broad SMARTS) is 1. The van der Waals surface area contributed by atoms with E-state index >= 15 is 0 Å². The third-order valence-electron chi connectivity index (χ3n) is 3.14. The molecule has 0 radical (unpaired) electrons. The molecule has 1 atom stereocenters. The highest BCUT2D eigenvalue weighted by atomic mass is 32.1. The first-order valence-corrected chi connectivity index (χ1v) is 7.27. The molecule has 0 aromatic carbocycles. The second kappa shape index (κ2) is 6.90. The van der Waals surface area contributed by atoms with Crippen molar-refractivity contribution >= 4 is 17.3 Å². The average molecular weight is 269 g/mol. The quantitative estimate of drug-likeness (QED) is 0.820.